The monoisotopic (exact) mass is 274 g/mol. The highest BCUT2D eigenvalue weighted by Gasteiger charge is 2.15. The van der Waals surface area contributed by atoms with E-state index in [0.717, 1.165) is 45.2 Å². The molecular formula is C17H26N2O. The van der Waals surface area contributed by atoms with Crippen molar-refractivity contribution in [2.24, 2.45) is 0 Å². The number of hydrogen-bond donors (Lipinski definition) is 1. The van der Waals surface area contributed by atoms with Crippen LogP contribution in [0.3, 0.4) is 0 Å². The van der Waals surface area contributed by atoms with E-state index in [0.29, 0.717) is 0 Å². The van der Waals surface area contributed by atoms with Gasteiger partial charge in [0.05, 0.1) is 13.2 Å². The zero-order chi connectivity index (χ0) is 13.6. The van der Waals surface area contributed by atoms with Gasteiger partial charge in [0.15, 0.2) is 0 Å². The minimum Gasteiger partial charge on any atom is -0.379 e. The van der Waals surface area contributed by atoms with Crippen molar-refractivity contribution < 1.29 is 4.74 Å². The summed E-state index contributed by atoms with van der Waals surface area (Å²) >= 11 is 0. The molecule has 110 valence electrons. The van der Waals surface area contributed by atoms with Gasteiger partial charge in [0, 0.05) is 19.6 Å². The molecule has 1 N–H and O–H groups in total. The summed E-state index contributed by atoms with van der Waals surface area (Å²) in [5, 5.41) is 3.44. The summed E-state index contributed by atoms with van der Waals surface area (Å²) in [6, 6.07) is 9.37. The van der Waals surface area contributed by atoms with Crippen molar-refractivity contribution >= 4 is 0 Å². The predicted octanol–water partition coefficient (Wildman–Crippen LogP) is 2.03. The molecule has 0 spiro atoms. The molecule has 0 unspecified atom stereocenters. The largest absolute Gasteiger partial charge is 0.379 e. The third kappa shape index (κ3) is 3.81. The molecular weight excluding hydrogens is 248 g/mol. The van der Waals surface area contributed by atoms with Crippen LogP contribution in [0, 0.1) is 0 Å². The Morgan fingerprint density at radius 3 is 2.45 bits per heavy atom. The van der Waals surface area contributed by atoms with Crippen LogP contribution < -0.4 is 5.32 Å². The molecule has 2 fully saturated rings. The van der Waals surface area contributed by atoms with E-state index >= 15 is 0 Å². The Morgan fingerprint density at radius 1 is 1.05 bits per heavy atom. The molecule has 2 heterocycles. The van der Waals surface area contributed by atoms with Crippen molar-refractivity contribution in [2.75, 3.05) is 45.9 Å². The van der Waals surface area contributed by atoms with E-state index in [4.69, 9.17) is 4.74 Å². The van der Waals surface area contributed by atoms with Crippen LogP contribution in [-0.4, -0.2) is 50.8 Å². The van der Waals surface area contributed by atoms with Crippen molar-refractivity contribution in [3.8, 4) is 0 Å². The molecule has 2 aliphatic rings. The van der Waals surface area contributed by atoms with Crippen LogP contribution in [0.5, 0.6) is 0 Å². The third-order valence-corrected chi connectivity index (χ3v) is 4.61. The van der Waals surface area contributed by atoms with Gasteiger partial charge in [-0.3, -0.25) is 4.90 Å². The zero-order valence-corrected chi connectivity index (χ0v) is 12.3. The first-order valence-corrected chi connectivity index (χ1v) is 8.01. The number of nitrogens with zero attached hydrogens (tertiary/aromatic N) is 1. The fourth-order valence-corrected chi connectivity index (χ4v) is 3.22. The molecule has 1 aromatic carbocycles. The minimum atomic E-state index is 0.768. The summed E-state index contributed by atoms with van der Waals surface area (Å²) in [6.45, 7) is 7.48. The van der Waals surface area contributed by atoms with Crippen molar-refractivity contribution in [1.82, 2.24) is 10.2 Å². The Balaban J connectivity index is 1.50. The SMILES string of the molecule is c1cc(C2CCNCC2)ccc1CCN1CCOCC1. The van der Waals surface area contributed by atoms with Gasteiger partial charge in [-0.2, -0.15) is 0 Å². The van der Waals surface area contributed by atoms with Gasteiger partial charge in [0.2, 0.25) is 0 Å². The van der Waals surface area contributed by atoms with Gasteiger partial charge in [0.25, 0.3) is 0 Å². The average Bonchev–Trinajstić information content (AvgIpc) is 2.55. The first kappa shape index (κ1) is 14.1. The Bertz CT molecular complexity index is 392. The van der Waals surface area contributed by atoms with Crippen LogP contribution >= 0.6 is 0 Å². The predicted molar refractivity (Wildman–Crippen MR) is 82.2 cm³/mol. The van der Waals surface area contributed by atoms with Crippen LogP contribution in [0.25, 0.3) is 0 Å². The topological polar surface area (TPSA) is 24.5 Å². The third-order valence-electron chi connectivity index (χ3n) is 4.61. The minimum absolute atomic E-state index is 0.768. The maximum atomic E-state index is 5.39. The summed E-state index contributed by atoms with van der Waals surface area (Å²) < 4.78 is 5.39. The molecule has 3 rings (SSSR count). The Morgan fingerprint density at radius 2 is 1.75 bits per heavy atom. The summed E-state index contributed by atoms with van der Waals surface area (Å²) in [5.41, 5.74) is 3.00. The van der Waals surface area contributed by atoms with E-state index in [-0.39, 0.29) is 0 Å². The quantitative estimate of drug-likeness (QED) is 0.909. The van der Waals surface area contributed by atoms with Crippen LogP contribution in [0.4, 0.5) is 0 Å². The second kappa shape index (κ2) is 7.21. The van der Waals surface area contributed by atoms with Gasteiger partial charge in [0.1, 0.15) is 0 Å². The molecule has 2 aliphatic heterocycles. The number of morpholine rings is 1. The number of hydrogen-bond acceptors (Lipinski definition) is 3. The lowest BCUT2D eigenvalue weighted by atomic mass is 9.89. The van der Waals surface area contributed by atoms with Gasteiger partial charge in [-0.1, -0.05) is 24.3 Å². The maximum Gasteiger partial charge on any atom is 0.0594 e. The number of piperidine rings is 1. The first-order valence-electron chi connectivity index (χ1n) is 8.01. The molecule has 3 nitrogen and oxygen atoms in total. The highest BCUT2D eigenvalue weighted by atomic mass is 16.5. The fraction of sp³-hybridized carbons (Fsp3) is 0.647. The molecule has 0 aromatic heterocycles. The van der Waals surface area contributed by atoms with E-state index in [1.165, 1.54) is 37.1 Å². The lowest BCUT2D eigenvalue weighted by Crippen LogP contribution is -2.37. The summed E-state index contributed by atoms with van der Waals surface area (Å²) in [5.74, 6) is 0.768. The van der Waals surface area contributed by atoms with Crippen LogP contribution in [0.15, 0.2) is 24.3 Å². The van der Waals surface area contributed by atoms with E-state index < -0.39 is 0 Å². The van der Waals surface area contributed by atoms with E-state index in [9.17, 15) is 0 Å². The molecule has 20 heavy (non-hydrogen) atoms. The lowest BCUT2D eigenvalue weighted by molar-refractivity contribution is 0.0384. The van der Waals surface area contributed by atoms with Gasteiger partial charge in [-0.05, 0) is 49.4 Å². The molecule has 2 saturated heterocycles. The fourth-order valence-electron chi connectivity index (χ4n) is 3.22. The molecule has 3 heteroatoms. The van der Waals surface area contributed by atoms with Crippen molar-refractivity contribution in [2.45, 2.75) is 25.2 Å². The smallest absolute Gasteiger partial charge is 0.0594 e. The Kier molecular flexibility index (Phi) is 5.06. The second-order valence-corrected chi connectivity index (χ2v) is 5.97. The molecule has 0 radical (unpaired) electrons. The van der Waals surface area contributed by atoms with Crippen LogP contribution in [0.2, 0.25) is 0 Å². The number of benzene rings is 1. The molecule has 0 saturated carbocycles. The Hall–Kier alpha value is -0.900. The zero-order valence-electron chi connectivity index (χ0n) is 12.3. The standard InChI is InChI=1S/C17H26N2O/c1-3-16(17-5-8-18-9-6-17)4-2-15(1)7-10-19-11-13-20-14-12-19/h1-4,17-18H,5-14H2. The van der Waals surface area contributed by atoms with Crippen LogP contribution in [0.1, 0.15) is 29.9 Å². The number of nitrogens with one attached hydrogen (secondary N) is 1. The average molecular weight is 274 g/mol. The van der Waals surface area contributed by atoms with E-state index in [2.05, 4.69) is 34.5 Å². The molecule has 0 atom stereocenters. The lowest BCUT2D eigenvalue weighted by Gasteiger charge is -2.26. The van der Waals surface area contributed by atoms with E-state index in [1.807, 2.05) is 0 Å². The molecule has 0 amide bonds. The summed E-state index contributed by atoms with van der Waals surface area (Å²) in [7, 11) is 0. The maximum absolute atomic E-state index is 5.39. The summed E-state index contributed by atoms with van der Waals surface area (Å²) in [6.07, 6.45) is 3.73. The first-order chi connectivity index (χ1) is 9.92. The van der Waals surface area contributed by atoms with E-state index in [1.54, 1.807) is 0 Å². The normalized spacial score (nSPS) is 22.0. The van der Waals surface area contributed by atoms with Crippen molar-refractivity contribution in [1.29, 1.82) is 0 Å². The molecule has 1 aromatic rings. The number of rotatable bonds is 4. The van der Waals surface area contributed by atoms with Crippen molar-refractivity contribution in [3.05, 3.63) is 35.4 Å². The highest BCUT2D eigenvalue weighted by Crippen LogP contribution is 2.25. The van der Waals surface area contributed by atoms with Crippen molar-refractivity contribution in [3.63, 3.8) is 0 Å². The molecule has 0 aliphatic carbocycles. The van der Waals surface area contributed by atoms with Gasteiger partial charge in [-0.15, -0.1) is 0 Å². The van der Waals surface area contributed by atoms with Gasteiger partial charge >= 0.3 is 0 Å². The van der Waals surface area contributed by atoms with Gasteiger partial charge < -0.3 is 10.1 Å². The molecule has 0 bridgehead atoms. The Labute approximate surface area is 122 Å². The second-order valence-electron chi connectivity index (χ2n) is 5.97. The van der Waals surface area contributed by atoms with Gasteiger partial charge in [-0.25, -0.2) is 0 Å². The number of ether oxygens (including phenoxy) is 1. The highest BCUT2D eigenvalue weighted by molar-refractivity contribution is 5.26. The van der Waals surface area contributed by atoms with Crippen LogP contribution in [-0.2, 0) is 11.2 Å². The summed E-state index contributed by atoms with van der Waals surface area (Å²) in [4.78, 5) is 2.50.